The molecule has 0 bridgehead atoms. The second kappa shape index (κ2) is 7.69. The molecule has 0 heterocycles. The van der Waals surface area contributed by atoms with E-state index in [0.717, 1.165) is 25.1 Å². The van der Waals surface area contributed by atoms with E-state index in [-0.39, 0.29) is 5.82 Å². The maximum atomic E-state index is 12.9. The number of halogens is 1. The van der Waals surface area contributed by atoms with Gasteiger partial charge in [0.15, 0.2) is 0 Å². The molecule has 1 aromatic carbocycles. The lowest BCUT2D eigenvalue weighted by Gasteiger charge is -2.07. The van der Waals surface area contributed by atoms with Crippen LogP contribution in [0.4, 0.5) is 4.39 Å². The molecule has 0 fully saturated rings. The maximum absolute atomic E-state index is 12.9. The first-order valence-electron chi connectivity index (χ1n) is 5.68. The molecule has 1 rings (SSSR count). The van der Waals surface area contributed by atoms with Gasteiger partial charge in [-0.2, -0.15) is 11.8 Å². The zero-order valence-corrected chi connectivity index (χ0v) is 10.9. The van der Waals surface area contributed by atoms with Crippen molar-refractivity contribution in [3.8, 4) is 0 Å². The SMILES string of the molecule is CSCCCNCCc1ccc(F)cc1C. The lowest BCUT2D eigenvalue weighted by atomic mass is 10.1. The fourth-order valence-electron chi connectivity index (χ4n) is 1.63. The molecule has 0 unspecified atom stereocenters. The van der Waals surface area contributed by atoms with Gasteiger partial charge in [0.25, 0.3) is 0 Å². The van der Waals surface area contributed by atoms with Gasteiger partial charge in [0.2, 0.25) is 0 Å². The van der Waals surface area contributed by atoms with Crippen LogP contribution in [0.25, 0.3) is 0 Å². The van der Waals surface area contributed by atoms with E-state index in [2.05, 4.69) is 11.6 Å². The molecule has 0 saturated carbocycles. The van der Waals surface area contributed by atoms with Crippen LogP contribution >= 0.6 is 11.8 Å². The number of hydrogen-bond acceptors (Lipinski definition) is 2. The Bertz CT molecular complexity index is 315. The third-order valence-electron chi connectivity index (χ3n) is 2.58. The Balaban J connectivity index is 2.21. The molecule has 1 aromatic rings. The summed E-state index contributed by atoms with van der Waals surface area (Å²) in [5.74, 6) is 1.07. The van der Waals surface area contributed by atoms with Crippen molar-refractivity contribution >= 4 is 11.8 Å². The van der Waals surface area contributed by atoms with E-state index >= 15 is 0 Å². The van der Waals surface area contributed by atoms with E-state index in [1.54, 1.807) is 6.07 Å². The van der Waals surface area contributed by atoms with Crippen molar-refractivity contribution in [2.24, 2.45) is 0 Å². The number of aryl methyl sites for hydroxylation is 1. The summed E-state index contributed by atoms with van der Waals surface area (Å²) in [5.41, 5.74) is 2.28. The Hall–Kier alpha value is -0.540. The Morgan fingerprint density at radius 2 is 2.12 bits per heavy atom. The third kappa shape index (κ3) is 4.99. The molecule has 0 aliphatic carbocycles. The van der Waals surface area contributed by atoms with Crippen molar-refractivity contribution in [1.29, 1.82) is 0 Å². The van der Waals surface area contributed by atoms with Crippen LogP contribution in [-0.2, 0) is 6.42 Å². The van der Waals surface area contributed by atoms with Crippen LogP contribution in [0.15, 0.2) is 18.2 Å². The van der Waals surface area contributed by atoms with Crippen LogP contribution in [0.3, 0.4) is 0 Å². The summed E-state index contributed by atoms with van der Waals surface area (Å²) in [6.45, 7) is 4.01. The molecule has 90 valence electrons. The van der Waals surface area contributed by atoms with Crippen LogP contribution < -0.4 is 5.32 Å². The second-order valence-electron chi connectivity index (χ2n) is 3.92. The Kier molecular flexibility index (Phi) is 6.50. The number of hydrogen-bond donors (Lipinski definition) is 1. The first kappa shape index (κ1) is 13.5. The topological polar surface area (TPSA) is 12.0 Å². The van der Waals surface area contributed by atoms with Gasteiger partial charge in [-0.1, -0.05) is 6.07 Å². The lowest BCUT2D eigenvalue weighted by molar-refractivity contribution is 0.624. The van der Waals surface area contributed by atoms with Crippen molar-refractivity contribution in [3.05, 3.63) is 35.1 Å². The van der Waals surface area contributed by atoms with Gasteiger partial charge in [-0.25, -0.2) is 4.39 Å². The minimum Gasteiger partial charge on any atom is -0.316 e. The largest absolute Gasteiger partial charge is 0.316 e. The van der Waals surface area contributed by atoms with Crippen LogP contribution in [0.1, 0.15) is 17.5 Å². The molecule has 0 saturated heterocycles. The fraction of sp³-hybridized carbons (Fsp3) is 0.538. The van der Waals surface area contributed by atoms with E-state index < -0.39 is 0 Å². The van der Waals surface area contributed by atoms with Gasteiger partial charge in [0.05, 0.1) is 0 Å². The van der Waals surface area contributed by atoms with Crippen molar-refractivity contribution in [2.75, 3.05) is 25.1 Å². The Morgan fingerprint density at radius 1 is 1.31 bits per heavy atom. The number of nitrogens with one attached hydrogen (secondary N) is 1. The quantitative estimate of drug-likeness (QED) is 0.736. The average molecular weight is 241 g/mol. The van der Waals surface area contributed by atoms with E-state index in [1.165, 1.54) is 23.8 Å². The minimum atomic E-state index is -0.144. The van der Waals surface area contributed by atoms with Gasteiger partial charge >= 0.3 is 0 Å². The highest BCUT2D eigenvalue weighted by atomic mass is 32.2. The van der Waals surface area contributed by atoms with E-state index in [4.69, 9.17) is 0 Å². The van der Waals surface area contributed by atoms with E-state index in [0.29, 0.717) is 0 Å². The zero-order chi connectivity index (χ0) is 11.8. The molecule has 0 aromatic heterocycles. The molecule has 0 atom stereocenters. The van der Waals surface area contributed by atoms with Gasteiger partial charge in [0.1, 0.15) is 5.82 Å². The molecule has 0 aliphatic rings. The van der Waals surface area contributed by atoms with Gasteiger partial charge in [-0.05, 0) is 68.1 Å². The molecule has 3 heteroatoms. The molecule has 0 aliphatic heterocycles. The Labute approximate surface area is 102 Å². The minimum absolute atomic E-state index is 0.144. The summed E-state index contributed by atoms with van der Waals surface area (Å²) < 4.78 is 12.9. The predicted octanol–water partition coefficient (Wildman–Crippen LogP) is 3.02. The molecular formula is C13H20FNS. The highest BCUT2D eigenvalue weighted by molar-refractivity contribution is 7.98. The van der Waals surface area contributed by atoms with Crippen LogP contribution in [0.2, 0.25) is 0 Å². The highest BCUT2D eigenvalue weighted by Gasteiger charge is 1.99. The summed E-state index contributed by atoms with van der Waals surface area (Å²) in [7, 11) is 0. The van der Waals surface area contributed by atoms with Crippen LogP contribution in [-0.4, -0.2) is 25.1 Å². The summed E-state index contributed by atoms with van der Waals surface area (Å²) in [6.07, 6.45) is 4.32. The fourth-order valence-corrected chi connectivity index (χ4v) is 2.06. The number of benzene rings is 1. The van der Waals surface area contributed by atoms with E-state index in [1.807, 2.05) is 24.8 Å². The molecular weight excluding hydrogens is 221 g/mol. The normalized spacial score (nSPS) is 10.7. The first-order chi connectivity index (χ1) is 7.74. The van der Waals surface area contributed by atoms with E-state index in [9.17, 15) is 4.39 Å². The molecule has 16 heavy (non-hydrogen) atoms. The van der Waals surface area contributed by atoms with Gasteiger partial charge in [-0.15, -0.1) is 0 Å². The van der Waals surface area contributed by atoms with Gasteiger partial charge in [0, 0.05) is 0 Å². The number of rotatable bonds is 7. The standard InChI is InChI=1S/C13H20FNS/c1-11-10-13(14)5-4-12(11)6-8-15-7-3-9-16-2/h4-5,10,15H,3,6-9H2,1-2H3. The van der Waals surface area contributed by atoms with Crippen LogP contribution in [0.5, 0.6) is 0 Å². The number of thioether (sulfide) groups is 1. The van der Waals surface area contributed by atoms with Crippen molar-refractivity contribution in [3.63, 3.8) is 0 Å². The van der Waals surface area contributed by atoms with Crippen molar-refractivity contribution < 1.29 is 4.39 Å². The predicted molar refractivity (Wildman–Crippen MR) is 70.7 cm³/mol. The summed E-state index contributed by atoms with van der Waals surface area (Å²) in [5, 5.41) is 3.40. The summed E-state index contributed by atoms with van der Waals surface area (Å²) in [4.78, 5) is 0. The molecule has 0 amide bonds. The van der Waals surface area contributed by atoms with Gasteiger partial charge in [-0.3, -0.25) is 0 Å². The molecule has 1 N–H and O–H groups in total. The van der Waals surface area contributed by atoms with Crippen molar-refractivity contribution in [1.82, 2.24) is 5.32 Å². The smallest absolute Gasteiger partial charge is 0.123 e. The summed E-state index contributed by atoms with van der Waals surface area (Å²) in [6, 6.07) is 5.02. The summed E-state index contributed by atoms with van der Waals surface area (Å²) >= 11 is 1.88. The first-order valence-corrected chi connectivity index (χ1v) is 7.08. The molecule has 1 nitrogen and oxygen atoms in total. The molecule has 0 radical (unpaired) electrons. The molecule has 0 spiro atoms. The Morgan fingerprint density at radius 3 is 2.81 bits per heavy atom. The van der Waals surface area contributed by atoms with Crippen molar-refractivity contribution in [2.45, 2.75) is 19.8 Å². The zero-order valence-electron chi connectivity index (χ0n) is 10.1. The lowest BCUT2D eigenvalue weighted by Crippen LogP contribution is -2.19. The van der Waals surface area contributed by atoms with Crippen LogP contribution in [0, 0.1) is 12.7 Å². The highest BCUT2D eigenvalue weighted by Crippen LogP contribution is 2.10. The maximum Gasteiger partial charge on any atom is 0.123 e. The average Bonchev–Trinajstić information content (AvgIpc) is 2.26. The monoisotopic (exact) mass is 241 g/mol. The second-order valence-corrected chi connectivity index (χ2v) is 4.90. The third-order valence-corrected chi connectivity index (χ3v) is 3.27. The van der Waals surface area contributed by atoms with Gasteiger partial charge < -0.3 is 5.32 Å².